The summed E-state index contributed by atoms with van der Waals surface area (Å²) in [4.78, 5) is 0. The summed E-state index contributed by atoms with van der Waals surface area (Å²) in [6.45, 7) is 0. The summed E-state index contributed by atoms with van der Waals surface area (Å²) in [5.41, 5.74) is 5.01. The van der Waals surface area contributed by atoms with Crippen molar-refractivity contribution in [3.05, 3.63) is 67.6 Å². The Morgan fingerprint density at radius 3 is 2.53 bits per heavy atom. The van der Waals surface area contributed by atoms with Gasteiger partial charge >= 0.3 is 0 Å². The number of nitrogens with two attached hydrogens (primary N) is 1. The Hall–Kier alpha value is -0.390. The second kappa shape index (κ2) is 6.86. The largest absolute Gasteiger partial charge is 0.271 e. The molecule has 0 aromatic heterocycles. The molecule has 2 aromatic carbocycles. The molecule has 0 amide bonds. The first-order valence-electron chi connectivity index (χ1n) is 5.75. The minimum Gasteiger partial charge on any atom is -0.271 e. The van der Waals surface area contributed by atoms with Gasteiger partial charge in [-0.05, 0) is 47.9 Å². The van der Waals surface area contributed by atoms with Gasteiger partial charge in [-0.15, -0.1) is 0 Å². The summed E-state index contributed by atoms with van der Waals surface area (Å²) in [7, 11) is 0. The number of benzene rings is 2. The fourth-order valence-electron chi connectivity index (χ4n) is 1.94. The third-order valence-electron chi connectivity index (χ3n) is 2.86. The topological polar surface area (TPSA) is 38.0 Å². The lowest BCUT2D eigenvalue weighted by Gasteiger charge is -2.18. The Bertz CT molecular complexity index is 575. The van der Waals surface area contributed by atoms with Gasteiger partial charge in [-0.25, -0.2) is 0 Å². The van der Waals surface area contributed by atoms with Gasteiger partial charge < -0.3 is 0 Å². The van der Waals surface area contributed by atoms with Crippen LogP contribution in [0.5, 0.6) is 0 Å². The van der Waals surface area contributed by atoms with E-state index in [-0.39, 0.29) is 6.04 Å². The smallest absolute Gasteiger partial charge is 0.0515 e. The minimum atomic E-state index is -0.0284. The van der Waals surface area contributed by atoms with Crippen molar-refractivity contribution < 1.29 is 0 Å². The van der Waals surface area contributed by atoms with Crippen molar-refractivity contribution in [2.24, 2.45) is 5.84 Å². The molecule has 2 aromatic rings. The molecule has 0 aliphatic rings. The molecule has 100 valence electrons. The Kier molecular flexibility index (Phi) is 5.42. The molecule has 0 radical (unpaired) electrons. The number of halogens is 3. The van der Waals surface area contributed by atoms with Crippen LogP contribution in [0.1, 0.15) is 17.2 Å². The third-order valence-corrected chi connectivity index (χ3v) is 4.19. The second-order valence-corrected chi connectivity index (χ2v) is 6.46. The highest BCUT2D eigenvalue weighted by molar-refractivity contribution is 9.10. The first-order chi connectivity index (χ1) is 9.10. The van der Waals surface area contributed by atoms with Crippen LogP contribution in [-0.4, -0.2) is 0 Å². The number of hydrogen-bond donors (Lipinski definition) is 2. The van der Waals surface area contributed by atoms with Gasteiger partial charge in [0.2, 0.25) is 0 Å². The Morgan fingerprint density at radius 2 is 1.84 bits per heavy atom. The van der Waals surface area contributed by atoms with Crippen LogP contribution in [0.25, 0.3) is 0 Å². The van der Waals surface area contributed by atoms with Crippen LogP contribution in [0.15, 0.2) is 51.4 Å². The summed E-state index contributed by atoms with van der Waals surface area (Å²) >= 11 is 13.2. The lowest BCUT2D eigenvalue weighted by Crippen LogP contribution is -2.29. The molecular weight excluding hydrogens is 391 g/mol. The van der Waals surface area contributed by atoms with Crippen LogP contribution in [-0.2, 0) is 6.42 Å². The van der Waals surface area contributed by atoms with E-state index in [1.54, 1.807) is 0 Å². The van der Waals surface area contributed by atoms with Crippen molar-refractivity contribution in [1.29, 1.82) is 0 Å². The molecule has 5 heteroatoms. The molecule has 19 heavy (non-hydrogen) atoms. The number of hydrazine groups is 1. The summed E-state index contributed by atoms with van der Waals surface area (Å²) in [5, 5.41) is 0.709. The van der Waals surface area contributed by atoms with Crippen LogP contribution in [0.4, 0.5) is 0 Å². The summed E-state index contributed by atoms with van der Waals surface area (Å²) in [5.74, 6) is 5.67. The molecular formula is C14H13Br2ClN2. The molecule has 0 aliphatic carbocycles. The molecule has 0 saturated carbocycles. The highest BCUT2D eigenvalue weighted by atomic mass is 79.9. The Balaban J connectivity index is 2.27. The van der Waals surface area contributed by atoms with Gasteiger partial charge in [-0.3, -0.25) is 11.3 Å². The van der Waals surface area contributed by atoms with Crippen molar-refractivity contribution in [1.82, 2.24) is 5.43 Å². The SMILES string of the molecule is NNC(Cc1cccc(Br)c1)c1cc(Br)ccc1Cl. The van der Waals surface area contributed by atoms with E-state index < -0.39 is 0 Å². The third kappa shape index (κ3) is 4.04. The maximum absolute atomic E-state index is 6.24. The van der Waals surface area contributed by atoms with Crippen molar-refractivity contribution in [2.75, 3.05) is 0 Å². The zero-order valence-corrected chi connectivity index (χ0v) is 14.0. The zero-order chi connectivity index (χ0) is 13.8. The summed E-state index contributed by atoms with van der Waals surface area (Å²) < 4.78 is 2.04. The van der Waals surface area contributed by atoms with Gasteiger partial charge in [-0.2, -0.15) is 0 Å². The summed E-state index contributed by atoms with van der Waals surface area (Å²) in [6, 6.07) is 13.9. The Morgan fingerprint density at radius 1 is 1.11 bits per heavy atom. The monoisotopic (exact) mass is 402 g/mol. The van der Waals surface area contributed by atoms with E-state index >= 15 is 0 Å². The highest BCUT2D eigenvalue weighted by Crippen LogP contribution is 2.28. The highest BCUT2D eigenvalue weighted by Gasteiger charge is 2.14. The van der Waals surface area contributed by atoms with Crippen molar-refractivity contribution in [3.8, 4) is 0 Å². The van der Waals surface area contributed by atoms with E-state index in [1.807, 2.05) is 30.3 Å². The van der Waals surface area contributed by atoms with Gasteiger partial charge in [-0.1, -0.05) is 55.6 Å². The number of nitrogens with one attached hydrogen (secondary N) is 1. The maximum atomic E-state index is 6.24. The first-order valence-corrected chi connectivity index (χ1v) is 7.72. The van der Waals surface area contributed by atoms with Crippen LogP contribution in [0.3, 0.4) is 0 Å². The van der Waals surface area contributed by atoms with Gasteiger partial charge in [0.15, 0.2) is 0 Å². The maximum Gasteiger partial charge on any atom is 0.0515 e. The lowest BCUT2D eigenvalue weighted by molar-refractivity contribution is 0.552. The van der Waals surface area contributed by atoms with E-state index in [2.05, 4.69) is 49.4 Å². The molecule has 2 nitrogen and oxygen atoms in total. The van der Waals surface area contributed by atoms with Crippen molar-refractivity contribution in [2.45, 2.75) is 12.5 Å². The zero-order valence-electron chi connectivity index (χ0n) is 10.0. The second-order valence-electron chi connectivity index (χ2n) is 4.22. The van der Waals surface area contributed by atoms with Gasteiger partial charge in [0.25, 0.3) is 0 Å². The Labute approximate surface area is 134 Å². The van der Waals surface area contributed by atoms with E-state index in [0.717, 1.165) is 20.9 Å². The quantitative estimate of drug-likeness (QED) is 0.577. The molecule has 0 heterocycles. The van der Waals surface area contributed by atoms with Crippen molar-refractivity contribution >= 4 is 43.5 Å². The molecule has 0 aliphatic heterocycles. The molecule has 0 bridgehead atoms. The molecule has 2 rings (SSSR count). The predicted octanol–water partition coefficient (Wildman–Crippen LogP) is 4.61. The van der Waals surface area contributed by atoms with E-state index in [0.29, 0.717) is 5.02 Å². The van der Waals surface area contributed by atoms with Gasteiger partial charge in [0, 0.05) is 14.0 Å². The van der Waals surface area contributed by atoms with Gasteiger partial charge in [0.05, 0.1) is 6.04 Å². The van der Waals surface area contributed by atoms with E-state index in [1.165, 1.54) is 5.56 Å². The van der Waals surface area contributed by atoms with Gasteiger partial charge in [0.1, 0.15) is 0 Å². The fraction of sp³-hybridized carbons (Fsp3) is 0.143. The molecule has 1 unspecified atom stereocenters. The molecule has 0 fully saturated rings. The van der Waals surface area contributed by atoms with Crippen molar-refractivity contribution in [3.63, 3.8) is 0 Å². The van der Waals surface area contributed by atoms with Crippen LogP contribution in [0, 0.1) is 0 Å². The molecule has 1 atom stereocenters. The van der Waals surface area contributed by atoms with Crippen LogP contribution >= 0.6 is 43.5 Å². The first kappa shape index (κ1) is 15.0. The summed E-state index contributed by atoms with van der Waals surface area (Å²) in [6.07, 6.45) is 0.770. The van der Waals surface area contributed by atoms with Crippen LogP contribution < -0.4 is 11.3 Å². The number of hydrogen-bond acceptors (Lipinski definition) is 2. The van der Waals surface area contributed by atoms with E-state index in [4.69, 9.17) is 17.4 Å². The average molecular weight is 405 g/mol. The average Bonchev–Trinajstić information content (AvgIpc) is 2.39. The standard InChI is InChI=1S/C14H13Br2ClN2/c15-10-3-1-2-9(6-10)7-14(19-18)12-8-11(16)4-5-13(12)17/h1-6,8,14,19H,7,18H2. The normalized spacial score (nSPS) is 12.4. The van der Waals surface area contributed by atoms with Crippen LogP contribution in [0.2, 0.25) is 5.02 Å². The molecule has 0 saturated heterocycles. The predicted molar refractivity (Wildman–Crippen MR) is 87.1 cm³/mol. The van der Waals surface area contributed by atoms with E-state index in [9.17, 15) is 0 Å². The lowest BCUT2D eigenvalue weighted by atomic mass is 9.99. The number of rotatable bonds is 4. The fourth-order valence-corrected chi connectivity index (χ4v) is 3.01. The molecule has 3 N–H and O–H groups in total. The molecule has 0 spiro atoms. The minimum absolute atomic E-state index is 0.0284.